The maximum Gasteiger partial charge on any atom is 0.245 e. The lowest BCUT2D eigenvalue weighted by Gasteiger charge is -2.22. The van der Waals surface area contributed by atoms with Crippen molar-refractivity contribution in [3.05, 3.63) is 23.3 Å². The van der Waals surface area contributed by atoms with Crippen LogP contribution in [0.15, 0.2) is 17.0 Å². The standard InChI is InChI=1S/C14H21N3O3S/c1-11-9-13(16)14(10-12(11)2)21(18,19)17(6-4-5-15)7-8-20-3/h9-10H,4,6-8,16H2,1-3H3. The first-order valence-corrected chi connectivity index (χ1v) is 8.01. The van der Waals surface area contributed by atoms with Gasteiger partial charge in [0.25, 0.3) is 0 Å². The molecule has 0 aromatic heterocycles. The molecule has 0 saturated carbocycles. The van der Waals surface area contributed by atoms with Gasteiger partial charge in [0.15, 0.2) is 0 Å². The van der Waals surface area contributed by atoms with E-state index in [4.69, 9.17) is 15.7 Å². The number of methoxy groups -OCH3 is 1. The highest BCUT2D eigenvalue weighted by Gasteiger charge is 2.26. The largest absolute Gasteiger partial charge is 0.398 e. The molecule has 0 aliphatic rings. The highest BCUT2D eigenvalue weighted by Crippen LogP contribution is 2.25. The van der Waals surface area contributed by atoms with Crippen LogP contribution in [0.25, 0.3) is 0 Å². The third-order valence-electron chi connectivity index (χ3n) is 3.26. The fourth-order valence-electron chi connectivity index (χ4n) is 1.89. The monoisotopic (exact) mass is 311 g/mol. The molecule has 1 aromatic rings. The Balaban J connectivity index is 3.22. The zero-order valence-electron chi connectivity index (χ0n) is 12.6. The third-order valence-corrected chi connectivity index (χ3v) is 5.22. The van der Waals surface area contributed by atoms with E-state index in [1.54, 1.807) is 12.1 Å². The van der Waals surface area contributed by atoms with Crippen molar-refractivity contribution in [3.63, 3.8) is 0 Å². The van der Waals surface area contributed by atoms with Crippen molar-refractivity contribution in [3.8, 4) is 6.07 Å². The van der Waals surface area contributed by atoms with Gasteiger partial charge in [-0.25, -0.2) is 8.42 Å². The average molecular weight is 311 g/mol. The normalized spacial score (nSPS) is 11.6. The molecule has 2 N–H and O–H groups in total. The Kier molecular flexibility index (Phi) is 6.15. The second-order valence-corrected chi connectivity index (χ2v) is 6.69. The van der Waals surface area contributed by atoms with Crippen LogP contribution in [0.1, 0.15) is 17.5 Å². The number of benzene rings is 1. The number of rotatable bonds is 7. The molecule has 0 saturated heterocycles. The number of sulfonamides is 1. The van der Waals surface area contributed by atoms with Crippen LogP contribution in [-0.2, 0) is 14.8 Å². The van der Waals surface area contributed by atoms with Crippen molar-refractivity contribution in [1.29, 1.82) is 5.26 Å². The van der Waals surface area contributed by atoms with Crippen LogP contribution in [0, 0.1) is 25.2 Å². The fraction of sp³-hybridized carbons (Fsp3) is 0.500. The number of nitrogens with zero attached hydrogens (tertiary/aromatic N) is 2. The van der Waals surface area contributed by atoms with E-state index in [0.717, 1.165) is 11.1 Å². The minimum atomic E-state index is -3.74. The van der Waals surface area contributed by atoms with Crippen molar-refractivity contribution >= 4 is 15.7 Å². The molecule has 0 heterocycles. The van der Waals surface area contributed by atoms with Gasteiger partial charge in [-0.2, -0.15) is 9.57 Å². The van der Waals surface area contributed by atoms with E-state index >= 15 is 0 Å². The SMILES string of the molecule is COCCN(CCC#N)S(=O)(=O)c1cc(C)c(C)cc1N. The molecule has 116 valence electrons. The summed E-state index contributed by atoms with van der Waals surface area (Å²) >= 11 is 0. The van der Waals surface area contributed by atoms with Crippen LogP contribution in [-0.4, -0.2) is 39.5 Å². The number of ether oxygens (including phenoxy) is 1. The van der Waals surface area contributed by atoms with Crippen molar-refractivity contribution in [2.75, 3.05) is 32.5 Å². The molecule has 0 aliphatic carbocycles. The second-order valence-electron chi connectivity index (χ2n) is 4.78. The first-order valence-electron chi connectivity index (χ1n) is 6.57. The Labute approximate surface area is 126 Å². The molecule has 6 nitrogen and oxygen atoms in total. The van der Waals surface area contributed by atoms with Crippen molar-refractivity contribution in [2.24, 2.45) is 0 Å². The lowest BCUT2D eigenvalue weighted by molar-refractivity contribution is 0.179. The summed E-state index contributed by atoms with van der Waals surface area (Å²) in [6.45, 7) is 4.28. The Hall–Kier alpha value is -1.62. The van der Waals surface area contributed by atoms with Gasteiger partial charge >= 0.3 is 0 Å². The smallest absolute Gasteiger partial charge is 0.245 e. The van der Waals surface area contributed by atoms with E-state index in [1.165, 1.54) is 11.4 Å². The summed E-state index contributed by atoms with van der Waals surface area (Å²) < 4.78 is 31.6. The van der Waals surface area contributed by atoms with E-state index in [-0.39, 0.29) is 36.7 Å². The number of hydrogen-bond donors (Lipinski definition) is 1. The Morgan fingerprint density at radius 3 is 2.48 bits per heavy atom. The maximum absolute atomic E-state index is 12.7. The van der Waals surface area contributed by atoms with Crippen LogP contribution in [0.4, 0.5) is 5.69 Å². The molecule has 0 atom stereocenters. The van der Waals surface area contributed by atoms with Crippen LogP contribution in [0.2, 0.25) is 0 Å². The molecule has 1 aromatic carbocycles. The molecule has 0 radical (unpaired) electrons. The van der Waals surface area contributed by atoms with E-state index in [0.29, 0.717) is 0 Å². The van der Waals surface area contributed by atoms with Crippen LogP contribution < -0.4 is 5.73 Å². The zero-order valence-corrected chi connectivity index (χ0v) is 13.4. The van der Waals surface area contributed by atoms with E-state index in [2.05, 4.69) is 0 Å². The molecule has 0 spiro atoms. The summed E-state index contributed by atoms with van der Waals surface area (Å²) in [6.07, 6.45) is 0.119. The molecule has 21 heavy (non-hydrogen) atoms. The van der Waals surface area contributed by atoms with Gasteiger partial charge < -0.3 is 10.5 Å². The lowest BCUT2D eigenvalue weighted by atomic mass is 10.1. The number of nitriles is 1. The molecule has 0 unspecified atom stereocenters. The summed E-state index contributed by atoms with van der Waals surface area (Å²) in [5.74, 6) is 0. The predicted octanol–water partition coefficient (Wildman–Crippen LogP) is 1.44. The molecular formula is C14H21N3O3S. The van der Waals surface area contributed by atoms with Crippen LogP contribution in [0.3, 0.4) is 0 Å². The van der Waals surface area contributed by atoms with Gasteiger partial charge in [-0.3, -0.25) is 0 Å². The average Bonchev–Trinajstić information content (AvgIpc) is 2.42. The molecule has 0 fully saturated rings. The number of nitrogen functional groups attached to an aromatic ring is 1. The highest BCUT2D eigenvalue weighted by molar-refractivity contribution is 7.89. The molecule has 0 bridgehead atoms. The number of hydrogen-bond acceptors (Lipinski definition) is 5. The van der Waals surface area contributed by atoms with Gasteiger partial charge in [0.2, 0.25) is 10.0 Å². The van der Waals surface area contributed by atoms with Gasteiger partial charge in [0, 0.05) is 26.6 Å². The molecular weight excluding hydrogens is 290 g/mol. The highest BCUT2D eigenvalue weighted by atomic mass is 32.2. The number of anilines is 1. The summed E-state index contributed by atoms with van der Waals surface area (Å²) in [5, 5.41) is 8.68. The quantitative estimate of drug-likeness (QED) is 0.768. The first-order chi connectivity index (χ1) is 9.84. The van der Waals surface area contributed by atoms with E-state index < -0.39 is 10.0 Å². The van der Waals surface area contributed by atoms with E-state index in [9.17, 15) is 8.42 Å². The predicted molar refractivity (Wildman–Crippen MR) is 81.2 cm³/mol. The van der Waals surface area contributed by atoms with Crippen molar-refractivity contribution in [1.82, 2.24) is 4.31 Å². The molecule has 7 heteroatoms. The minimum Gasteiger partial charge on any atom is -0.398 e. The lowest BCUT2D eigenvalue weighted by Crippen LogP contribution is -2.35. The summed E-state index contributed by atoms with van der Waals surface area (Å²) in [7, 11) is -2.24. The van der Waals surface area contributed by atoms with Gasteiger partial charge in [-0.05, 0) is 37.1 Å². The molecule has 0 amide bonds. The fourth-order valence-corrected chi connectivity index (χ4v) is 3.50. The maximum atomic E-state index is 12.7. The Bertz CT molecular complexity index is 636. The molecule has 1 rings (SSSR count). The summed E-state index contributed by atoms with van der Waals surface area (Å²) in [5.41, 5.74) is 7.88. The van der Waals surface area contributed by atoms with Gasteiger partial charge in [-0.1, -0.05) is 0 Å². The second kappa shape index (κ2) is 7.41. The van der Waals surface area contributed by atoms with Crippen LogP contribution in [0.5, 0.6) is 0 Å². The Morgan fingerprint density at radius 1 is 1.29 bits per heavy atom. The first kappa shape index (κ1) is 17.4. The van der Waals surface area contributed by atoms with Crippen molar-refractivity contribution in [2.45, 2.75) is 25.2 Å². The summed E-state index contributed by atoms with van der Waals surface area (Å²) in [6, 6.07) is 5.18. The number of nitrogens with two attached hydrogens (primary N) is 1. The summed E-state index contributed by atoms with van der Waals surface area (Å²) in [4.78, 5) is 0.0830. The third kappa shape index (κ3) is 4.17. The minimum absolute atomic E-state index is 0.0830. The Morgan fingerprint density at radius 2 is 1.90 bits per heavy atom. The van der Waals surface area contributed by atoms with Crippen molar-refractivity contribution < 1.29 is 13.2 Å². The molecule has 0 aliphatic heterocycles. The van der Waals surface area contributed by atoms with E-state index in [1.807, 2.05) is 19.9 Å². The van der Waals surface area contributed by atoms with Gasteiger partial charge in [-0.15, -0.1) is 0 Å². The topological polar surface area (TPSA) is 96.4 Å². The van der Waals surface area contributed by atoms with Crippen LogP contribution >= 0.6 is 0 Å². The zero-order chi connectivity index (χ0) is 16.0. The number of aryl methyl sites for hydroxylation is 2. The van der Waals surface area contributed by atoms with Gasteiger partial charge in [0.1, 0.15) is 4.90 Å². The van der Waals surface area contributed by atoms with Gasteiger partial charge in [0.05, 0.1) is 18.4 Å².